The summed E-state index contributed by atoms with van der Waals surface area (Å²) in [6.45, 7) is 4.55. The molecular weight excluding hydrogens is 240 g/mol. The Kier molecular flexibility index (Phi) is 2.17. The van der Waals surface area contributed by atoms with E-state index in [1.165, 1.54) is 11.1 Å². The summed E-state index contributed by atoms with van der Waals surface area (Å²) in [7, 11) is 0. The fraction of sp³-hybridized carbons (Fsp3) is 0.417. The number of halogens is 1. The standard InChI is InChI=1S/C12H13ClN2S/c1-12(2)6-10(12)15-11-14-8-5-7(13)3-4-9(8)16-11/h3-5,10H,6H2,1-2H3,(H,14,15). The van der Waals surface area contributed by atoms with Crippen molar-refractivity contribution in [2.75, 3.05) is 5.32 Å². The van der Waals surface area contributed by atoms with Crippen LogP contribution in [0.5, 0.6) is 0 Å². The topological polar surface area (TPSA) is 24.9 Å². The first-order valence-electron chi connectivity index (χ1n) is 5.37. The zero-order chi connectivity index (χ0) is 11.3. The minimum atomic E-state index is 0.426. The van der Waals surface area contributed by atoms with Gasteiger partial charge in [-0.1, -0.05) is 36.8 Å². The van der Waals surface area contributed by atoms with Gasteiger partial charge in [-0.2, -0.15) is 0 Å². The van der Waals surface area contributed by atoms with Gasteiger partial charge in [0.05, 0.1) is 10.2 Å². The van der Waals surface area contributed by atoms with Gasteiger partial charge < -0.3 is 5.32 Å². The van der Waals surface area contributed by atoms with Gasteiger partial charge in [0.25, 0.3) is 0 Å². The number of fused-ring (bicyclic) bond motifs is 1. The molecule has 0 aliphatic heterocycles. The van der Waals surface area contributed by atoms with Gasteiger partial charge in [-0.15, -0.1) is 0 Å². The van der Waals surface area contributed by atoms with Gasteiger partial charge in [-0.25, -0.2) is 4.98 Å². The van der Waals surface area contributed by atoms with E-state index in [1.807, 2.05) is 18.2 Å². The summed E-state index contributed by atoms with van der Waals surface area (Å²) in [5, 5.41) is 5.23. The van der Waals surface area contributed by atoms with Crippen molar-refractivity contribution in [3.05, 3.63) is 23.2 Å². The molecule has 0 spiro atoms. The summed E-state index contributed by atoms with van der Waals surface area (Å²) in [6.07, 6.45) is 1.23. The normalized spacial score (nSPS) is 22.3. The molecule has 1 heterocycles. The smallest absolute Gasteiger partial charge is 0.184 e. The molecule has 1 unspecified atom stereocenters. The van der Waals surface area contributed by atoms with Crippen LogP contribution in [0.3, 0.4) is 0 Å². The van der Waals surface area contributed by atoms with Gasteiger partial charge in [0.15, 0.2) is 5.13 Å². The molecule has 1 aromatic carbocycles. The van der Waals surface area contributed by atoms with Crippen LogP contribution in [0.4, 0.5) is 5.13 Å². The van der Waals surface area contributed by atoms with Gasteiger partial charge >= 0.3 is 0 Å². The van der Waals surface area contributed by atoms with E-state index in [0.717, 1.165) is 15.7 Å². The summed E-state index contributed by atoms with van der Waals surface area (Å²) in [5.74, 6) is 0. The summed E-state index contributed by atoms with van der Waals surface area (Å²) >= 11 is 7.63. The van der Waals surface area contributed by atoms with Crippen LogP contribution in [0.2, 0.25) is 5.02 Å². The number of nitrogens with zero attached hydrogens (tertiary/aromatic N) is 1. The van der Waals surface area contributed by atoms with E-state index in [4.69, 9.17) is 11.6 Å². The Hall–Kier alpha value is -0.800. The molecular formula is C12H13ClN2S. The van der Waals surface area contributed by atoms with Crippen molar-refractivity contribution in [1.82, 2.24) is 4.98 Å². The Balaban J connectivity index is 1.88. The van der Waals surface area contributed by atoms with Gasteiger partial charge in [0.2, 0.25) is 0 Å². The van der Waals surface area contributed by atoms with Crippen LogP contribution in [0.1, 0.15) is 20.3 Å². The molecule has 0 saturated heterocycles. The molecule has 1 fully saturated rings. The number of hydrogen-bond acceptors (Lipinski definition) is 3. The number of hydrogen-bond donors (Lipinski definition) is 1. The fourth-order valence-electron chi connectivity index (χ4n) is 1.82. The van der Waals surface area contributed by atoms with Crippen molar-refractivity contribution in [3.8, 4) is 0 Å². The quantitative estimate of drug-likeness (QED) is 0.868. The van der Waals surface area contributed by atoms with Crippen molar-refractivity contribution < 1.29 is 0 Å². The SMILES string of the molecule is CC1(C)CC1Nc1nc2cc(Cl)ccc2s1. The first kappa shape index (κ1) is 10.4. The summed E-state index contributed by atoms with van der Waals surface area (Å²) in [5.41, 5.74) is 1.41. The van der Waals surface area contributed by atoms with Crippen LogP contribution in [0.15, 0.2) is 18.2 Å². The number of anilines is 1. The van der Waals surface area contributed by atoms with E-state index in [0.29, 0.717) is 11.5 Å². The maximum absolute atomic E-state index is 5.94. The minimum Gasteiger partial charge on any atom is -0.358 e. The van der Waals surface area contributed by atoms with E-state index in [2.05, 4.69) is 24.1 Å². The predicted molar refractivity (Wildman–Crippen MR) is 70.4 cm³/mol. The third kappa shape index (κ3) is 1.78. The molecule has 1 N–H and O–H groups in total. The second kappa shape index (κ2) is 3.34. The first-order chi connectivity index (χ1) is 7.54. The lowest BCUT2D eigenvalue weighted by Crippen LogP contribution is -2.07. The lowest BCUT2D eigenvalue weighted by atomic mass is 10.2. The number of thiazole rings is 1. The molecule has 2 nitrogen and oxygen atoms in total. The molecule has 2 aromatic rings. The molecule has 4 heteroatoms. The van der Waals surface area contributed by atoms with Gasteiger partial charge in [0, 0.05) is 11.1 Å². The Morgan fingerprint density at radius 2 is 2.25 bits per heavy atom. The number of rotatable bonds is 2. The summed E-state index contributed by atoms with van der Waals surface area (Å²) in [6, 6.07) is 6.42. The van der Waals surface area contributed by atoms with E-state index < -0.39 is 0 Å². The Morgan fingerprint density at radius 3 is 2.94 bits per heavy atom. The predicted octanol–water partition coefficient (Wildman–Crippen LogP) is 4.16. The second-order valence-corrected chi connectivity index (χ2v) is 6.49. The molecule has 16 heavy (non-hydrogen) atoms. The molecule has 0 amide bonds. The molecule has 1 aromatic heterocycles. The molecule has 1 aliphatic rings. The Labute approximate surface area is 104 Å². The minimum absolute atomic E-state index is 0.426. The van der Waals surface area contributed by atoms with Gasteiger partial charge in [-0.05, 0) is 30.0 Å². The van der Waals surface area contributed by atoms with E-state index in [-0.39, 0.29) is 0 Å². The highest BCUT2D eigenvalue weighted by atomic mass is 35.5. The highest BCUT2D eigenvalue weighted by Crippen LogP contribution is 2.47. The van der Waals surface area contributed by atoms with E-state index >= 15 is 0 Å². The van der Waals surface area contributed by atoms with Crippen molar-refractivity contribution in [2.24, 2.45) is 5.41 Å². The van der Waals surface area contributed by atoms with Crippen LogP contribution >= 0.6 is 22.9 Å². The first-order valence-corrected chi connectivity index (χ1v) is 6.57. The van der Waals surface area contributed by atoms with Crippen LogP contribution < -0.4 is 5.32 Å². The van der Waals surface area contributed by atoms with Gasteiger partial charge in [0.1, 0.15) is 0 Å². The third-order valence-electron chi connectivity index (χ3n) is 3.16. The molecule has 0 radical (unpaired) electrons. The number of nitrogens with one attached hydrogen (secondary N) is 1. The average Bonchev–Trinajstić information content (AvgIpc) is 2.64. The summed E-state index contributed by atoms with van der Waals surface area (Å²) < 4.78 is 1.19. The van der Waals surface area contributed by atoms with E-state index in [9.17, 15) is 0 Å². The van der Waals surface area contributed by atoms with Crippen LogP contribution in [0.25, 0.3) is 10.2 Å². The van der Waals surface area contributed by atoms with Crippen molar-refractivity contribution >= 4 is 38.3 Å². The van der Waals surface area contributed by atoms with Crippen LogP contribution in [0, 0.1) is 5.41 Å². The molecule has 1 aliphatic carbocycles. The molecule has 3 rings (SSSR count). The monoisotopic (exact) mass is 252 g/mol. The summed E-state index contributed by atoms with van der Waals surface area (Å²) in [4.78, 5) is 4.54. The molecule has 0 bridgehead atoms. The molecule has 84 valence electrons. The lowest BCUT2D eigenvalue weighted by Gasteiger charge is -2.03. The zero-order valence-corrected chi connectivity index (χ0v) is 10.8. The fourth-order valence-corrected chi connectivity index (χ4v) is 2.89. The maximum atomic E-state index is 5.94. The third-order valence-corrected chi connectivity index (χ3v) is 4.36. The zero-order valence-electron chi connectivity index (χ0n) is 9.25. The highest BCUT2D eigenvalue weighted by Gasteiger charge is 2.46. The highest BCUT2D eigenvalue weighted by molar-refractivity contribution is 7.22. The number of benzene rings is 1. The van der Waals surface area contributed by atoms with Gasteiger partial charge in [-0.3, -0.25) is 0 Å². The second-order valence-electron chi connectivity index (χ2n) is 5.02. The molecule has 1 atom stereocenters. The van der Waals surface area contributed by atoms with Crippen molar-refractivity contribution in [1.29, 1.82) is 0 Å². The Bertz CT molecular complexity index is 547. The maximum Gasteiger partial charge on any atom is 0.184 e. The van der Waals surface area contributed by atoms with Crippen LogP contribution in [-0.2, 0) is 0 Å². The van der Waals surface area contributed by atoms with E-state index in [1.54, 1.807) is 11.3 Å². The average molecular weight is 253 g/mol. The Morgan fingerprint density at radius 1 is 1.50 bits per heavy atom. The number of aromatic nitrogens is 1. The lowest BCUT2D eigenvalue weighted by molar-refractivity contribution is 0.630. The van der Waals surface area contributed by atoms with Crippen molar-refractivity contribution in [2.45, 2.75) is 26.3 Å². The van der Waals surface area contributed by atoms with Crippen molar-refractivity contribution in [3.63, 3.8) is 0 Å². The largest absolute Gasteiger partial charge is 0.358 e. The molecule has 1 saturated carbocycles. The van der Waals surface area contributed by atoms with Crippen LogP contribution in [-0.4, -0.2) is 11.0 Å².